The first kappa shape index (κ1) is 17.5. The molecule has 1 amide bonds. The Kier molecular flexibility index (Phi) is 5.12. The molecule has 1 aromatic carbocycles. The zero-order valence-corrected chi connectivity index (χ0v) is 14.7. The molecule has 1 aliphatic heterocycles. The molecule has 1 heterocycles. The van der Waals surface area contributed by atoms with E-state index in [1.165, 1.54) is 0 Å². The molecule has 1 aromatic rings. The van der Waals surface area contributed by atoms with Gasteiger partial charge in [-0.05, 0) is 26.3 Å². The smallest absolute Gasteiger partial charge is 0.410 e. The van der Waals surface area contributed by atoms with Gasteiger partial charge >= 0.3 is 6.09 Å². The molecule has 2 rings (SSSR count). The number of benzene rings is 1. The van der Waals surface area contributed by atoms with Crippen molar-refractivity contribution in [3.63, 3.8) is 0 Å². The molecule has 1 fully saturated rings. The van der Waals surface area contributed by atoms with Crippen molar-refractivity contribution in [3.8, 4) is 0 Å². The molecule has 23 heavy (non-hydrogen) atoms. The van der Waals surface area contributed by atoms with E-state index in [9.17, 15) is 9.59 Å². The van der Waals surface area contributed by atoms with Crippen molar-refractivity contribution in [1.29, 1.82) is 0 Å². The van der Waals surface area contributed by atoms with Crippen LogP contribution in [-0.4, -0.2) is 35.5 Å². The summed E-state index contributed by atoms with van der Waals surface area (Å²) in [6, 6.07) is 9.97. The molecule has 0 unspecified atom stereocenters. The van der Waals surface area contributed by atoms with Gasteiger partial charge < -0.3 is 9.64 Å². The number of rotatable bonds is 3. The molecular formula is C19H27NO3. The van der Waals surface area contributed by atoms with E-state index in [1.807, 2.05) is 65.0 Å². The van der Waals surface area contributed by atoms with E-state index in [0.717, 1.165) is 5.56 Å². The number of ketones is 1. The Morgan fingerprint density at radius 2 is 1.74 bits per heavy atom. The lowest BCUT2D eigenvalue weighted by molar-refractivity contribution is -0.125. The standard InChI is InChI=1S/C19H27NO3/c1-13(2)17(21)16-12-20(18(22)23-19(3,4)5)11-15(16)14-9-7-6-8-10-14/h6-10,13,15-16H,11-12H2,1-5H3/t15-,16+/m1/s1. The summed E-state index contributed by atoms with van der Waals surface area (Å²) in [7, 11) is 0. The highest BCUT2D eigenvalue weighted by molar-refractivity contribution is 5.85. The number of nitrogens with zero attached hydrogens (tertiary/aromatic N) is 1. The van der Waals surface area contributed by atoms with Gasteiger partial charge in [0.25, 0.3) is 0 Å². The quantitative estimate of drug-likeness (QED) is 0.850. The van der Waals surface area contributed by atoms with Gasteiger partial charge in [0.15, 0.2) is 0 Å². The summed E-state index contributed by atoms with van der Waals surface area (Å²) in [6.45, 7) is 10.4. The summed E-state index contributed by atoms with van der Waals surface area (Å²) in [6.07, 6.45) is -0.336. The van der Waals surface area contributed by atoms with Gasteiger partial charge in [-0.25, -0.2) is 4.79 Å². The number of Topliss-reactive ketones (excluding diaryl/α,β-unsaturated/α-hetero) is 1. The predicted molar refractivity (Wildman–Crippen MR) is 90.3 cm³/mol. The fourth-order valence-corrected chi connectivity index (χ4v) is 3.03. The third-order valence-corrected chi connectivity index (χ3v) is 4.13. The number of hydrogen-bond acceptors (Lipinski definition) is 3. The molecule has 0 aromatic heterocycles. The van der Waals surface area contributed by atoms with Crippen LogP contribution in [0.1, 0.15) is 46.1 Å². The Hall–Kier alpha value is -1.84. The SMILES string of the molecule is CC(C)C(=O)[C@H]1CN(C(=O)OC(C)(C)C)C[C@@H]1c1ccccc1. The van der Waals surface area contributed by atoms with Crippen LogP contribution >= 0.6 is 0 Å². The summed E-state index contributed by atoms with van der Waals surface area (Å²) in [4.78, 5) is 26.6. The van der Waals surface area contributed by atoms with Crippen molar-refractivity contribution < 1.29 is 14.3 Å². The second kappa shape index (κ2) is 6.73. The highest BCUT2D eigenvalue weighted by Crippen LogP contribution is 2.35. The average molecular weight is 317 g/mol. The molecule has 1 aliphatic rings. The van der Waals surface area contributed by atoms with Crippen LogP contribution in [0.15, 0.2) is 30.3 Å². The van der Waals surface area contributed by atoms with Crippen LogP contribution in [0.4, 0.5) is 4.79 Å². The van der Waals surface area contributed by atoms with E-state index in [0.29, 0.717) is 13.1 Å². The second-order valence-electron chi connectivity index (χ2n) is 7.57. The van der Waals surface area contributed by atoms with Gasteiger partial charge in [0.1, 0.15) is 11.4 Å². The van der Waals surface area contributed by atoms with Gasteiger partial charge in [0, 0.05) is 30.8 Å². The lowest BCUT2D eigenvalue weighted by Gasteiger charge is -2.24. The van der Waals surface area contributed by atoms with Crippen molar-refractivity contribution in [2.75, 3.05) is 13.1 Å². The summed E-state index contributed by atoms with van der Waals surface area (Å²) < 4.78 is 5.47. The minimum Gasteiger partial charge on any atom is -0.444 e. The molecule has 0 aliphatic carbocycles. The van der Waals surface area contributed by atoms with Crippen molar-refractivity contribution in [1.82, 2.24) is 4.90 Å². The largest absolute Gasteiger partial charge is 0.444 e. The van der Waals surface area contributed by atoms with Crippen molar-refractivity contribution >= 4 is 11.9 Å². The Morgan fingerprint density at radius 1 is 1.13 bits per heavy atom. The normalized spacial score (nSPS) is 21.6. The van der Waals surface area contributed by atoms with Crippen molar-refractivity contribution in [3.05, 3.63) is 35.9 Å². The van der Waals surface area contributed by atoms with Gasteiger partial charge in [0.2, 0.25) is 0 Å². The lowest BCUT2D eigenvalue weighted by Crippen LogP contribution is -2.36. The average Bonchev–Trinajstić information content (AvgIpc) is 2.90. The first-order valence-corrected chi connectivity index (χ1v) is 8.25. The van der Waals surface area contributed by atoms with E-state index in [2.05, 4.69) is 0 Å². The molecule has 0 saturated carbocycles. The third-order valence-electron chi connectivity index (χ3n) is 4.13. The predicted octanol–water partition coefficient (Wildman–Crippen LogP) is 3.86. The lowest BCUT2D eigenvalue weighted by atomic mass is 9.83. The van der Waals surface area contributed by atoms with Crippen LogP contribution in [0.3, 0.4) is 0 Å². The molecule has 126 valence electrons. The van der Waals surface area contributed by atoms with E-state index >= 15 is 0 Å². The number of amides is 1. The van der Waals surface area contributed by atoms with Gasteiger partial charge in [-0.3, -0.25) is 4.79 Å². The summed E-state index contributed by atoms with van der Waals surface area (Å²) in [5.41, 5.74) is 0.581. The maximum Gasteiger partial charge on any atom is 0.410 e. The first-order chi connectivity index (χ1) is 10.7. The molecule has 4 nitrogen and oxygen atoms in total. The molecule has 2 atom stereocenters. The maximum atomic E-state index is 12.6. The van der Waals surface area contributed by atoms with Crippen LogP contribution < -0.4 is 0 Å². The summed E-state index contributed by atoms with van der Waals surface area (Å²) in [5.74, 6) is 0.0539. The topological polar surface area (TPSA) is 46.6 Å². The summed E-state index contributed by atoms with van der Waals surface area (Å²) >= 11 is 0. The van der Waals surface area contributed by atoms with E-state index in [4.69, 9.17) is 4.74 Å². The van der Waals surface area contributed by atoms with Crippen molar-refractivity contribution in [2.24, 2.45) is 11.8 Å². The second-order valence-corrected chi connectivity index (χ2v) is 7.57. The molecular weight excluding hydrogens is 290 g/mol. The van der Waals surface area contributed by atoms with Crippen LogP contribution in [-0.2, 0) is 9.53 Å². The van der Waals surface area contributed by atoms with Gasteiger partial charge in [-0.15, -0.1) is 0 Å². The Balaban J connectivity index is 2.22. The van der Waals surface area contributed by atoms with Gasteiger partial charge in [0.05, 0.1) is 0 Å². The highest BCUT2D eigenvalue weighted by Gasteiger charge is 2.41. The van der Waals surface area contributed by atoms with E-state index in [1.54, 1.807) is 4.90 Å². The van der Waals surface area contributed by atoms with E-state index < -0.39 is 5.60 Å². The number of carbonyl (C=O) groups excluding carboxylic acids is 2. The molecule has 0 N–H and O–H groups in total. The number of likely N-dealkylation sites (tertiary alicyclic amines) is 1. The zero-order valence-electron chi connectivity index (χ0n) is 14.7. The fraction of sp³-hybridized carbons (Fsp3) is 0.579. The highest BCUT2D eigenvalue weighted by atomic mass is 16.6. The maximum absolute atomic E-state index is 12.6. The Morgan fingerprint density at radius 3 is 2.26 bits per heavy atom. The third kappa shape index (κ3) is 4.34. The van der Waals surface area contributed by atoms with Crippen LogP contribution in [0, 0.1) is 11.8 Å². The number of carbonyl (C=O) groups is 2. The Bertz CT molecular complexity index is 560. The van der Waals surface area contributed by atoms with Gasteiger partial charge in [-0.2, -0.15) is 0 Å². The van der Waals surface area contributed by atoms with Crippen LogP contribution in [0.5, 0.6) is 0 Å². The van der Waals surface area contributed by atoms with Crippen molar-refractivity contribution in [2.45, 2.75) is 46.1 Å². The van der Waals surface area contributed by atoms with E-state index in [-0.39, 0.29) is 29.6 Å². The van der Waals surface area contributed by atoms with Crippen LogP contribution in [0.25, 0.3) is 0 Å². The minimum atomic E-state index is -0.528. The number of ether oxygens (including phenoxy) is 1. The molecule has 0 radical (unpaired) electrons. The molecule has 4 heteroatoms. The van der Waals surface area contributed by atoms with Crippen LogP contribution in [0.2, 0.25) is 0 Å². The number of hydrogen-bond donors (Lipinski definition) is 0. The zero-order chi connectivity index (χ0) is 17.2. The molecule has 0 bridgehead atoms. The Labute approximate surface area is 138 Å². The monoisotopic (exact) mass is 317 g/mol. The summed E-state index contributed by atoms with van der Waals surface area (Å²) in [5, 5.41) is 0. The first-order valence-electron chi connectivity index (χ1n) is 8.25. The minimum absolute atomic E-state index is 0.0372. The van der Waals surface area contributed by atoms with Gasteiger partial charge in [-0.1, -0.05) is 44.2 Å². The molecule has 0 spiro atoms. The fourth-order valence-electron chi connectivity index (χ4n) is 3.03. The molecule has 1 saturated heterocycles.